The number of hydrogen-bond acceptors (Lipinski definition) is 13. The van der Waals surface area contributed by atoms with Crippen LogP contribution in [0, 0.1) is 0 Å². The molecular formula is C135H82N6O5S2. The lowest BCUT2D eigenvalue weighted by atomic mass is 9.97. The number of oxazole rings is 3. The Morgan fingerprint density at radius 1 is 0.162 bits per heavy atom. The monoisotopic (exact) mass is 1930 g/mol. The molecule has 7 aromatic heterocycles. The molecule has 0 atom stereocenters. The van der Waals surface area contributed by atoms with E-state index >= 15 is 0 Å². The van der Waals surface area contributed by atoms with Crippen molar-refractivity contribution in [2.24, 2.45) is 0 Å². The van der Waals surface area contributed by atoms with Gasteiger partial charge in [0.05, 0.1) is 17.1 Å². The summed E-state index contributed by atoms with van der Waals surface area (Å²) in [6.45, 7) is 0. The lowest BCUT2D eigenvalue weighted by molar-refractivity contribution is 0.623. The normalized spacial score (nSPS) is 11.8. The van der Waals surface area contributed by atoms with Crippen molar-refractivity contribution in [3.8, 4) is 56.6 Å². The second-order valence-corrected chi connectivity index (χ2v) is 39.6. The molecule has 7 heterocycles. The molecule has 31 rings (SSSR count). The summed E-state index contributed by atoms with van der Waals surface area (Å²) in [5, 5.41) is 22.7. The van der Waals surface area contributed by atoms with Gasteiger partial charge in [0.15, 0.2) is 16.7 Å². The fourth-order valence-corrected chi connectivity index (χ4v) is 24.1. The maximum absolute atomic E-state index is 6.57. The third-order valence-electron chi connectivity index (χ3n) is 28.8. The van der Waals surface area contributed by atoms with Gasteiger partial charge < -0.3 is 36.8 Å². The van der Waals surface area contributed by atoms with Gasteiger partial charge in [-0.15, -0.1) is 22.7 Å². The van der Waals surface area contributed by atoms with Gasteiger partial charge in [-0.3, -0.25) is 0 Å². The number of hydrogen-bond donors (Lipinski definition) is 0. The summed E-state index contributed by atoms with van der Waals surface area (Å²) >= 11 is 3.68. The number of para-hydroxylation sites is 2. The molecular weight excluding hydrogens is 1850 g/mol. The molecule has 0 amide bonds. The van der Waals surface area contributed by atoms with Gasteiger partial charge in [0, 0.05) is 145 Å². The number of nitrogens with zero attached hydrogens (tertiary/aromatic N) is 6. The van der Waals surface area contributed by atoms with Crippen LogP contribution in [0.2, 0.25) is 0 Å². The number of anilines is 9. The summed E-state index contributed by atoms with van der Waals surface area (Å²) in [6, 6.07) is 175. The van der Waals surface area contributed by atoms with Crippen LogP contribution < -0.4 is 14.7 Å². The largest absolute Gasteiger partial charge is 0.456 e. The lowest BCUT2D eigenvalue weighted by Crippen LogP contribution is -2.10. The van der Waals surface area contributed by atoms with E-state index in [2.05, 4.69) is 397 Å². The summed E-state index contributed by atoms with van der Waals surface area (Å²) in [4.78, 5) is 21.9. The zero-order chi connectivity index (χ0) is 97.4. The van der Waals surface area contributed by atoms with E-state index in [1.165, 1.54) is 62.6 Å². The third-order valence-corrected chi connectivity index (χ3v) is 31.1. The Morgan fingerprint density at radius 3 is 0.905 bits per heavy atom. The van der Waals surface area contributed by atoms with Crippen LogP contribution in [-0.2, 0) is 0 Å². The standard InChI is InChI=1S/C45H26N2O2S.C45H28N2O2.C45H28N2OS/c1-2-10-27(11-3-1)45-46-37-21-18-28-24-38(31-12-4-5-15-34(31)43(28)44(37)49-45)47(29-19-22-40-35(25-29)32-13-6-8-16-39(32)48-40)30-20-23-42-36(26-30)33-14-7-9-17-41(33)50-42;1-3-11-29(12-4-1)30-19-22-33(23-20-30)47(34-24-26-42-38(28-34)36-16-9-10-18-41(36)48-42)40-27-32-21-25-39-44(43(32)37-17-8-7-15-35(37)40)49-45(46-39)31-13-5-2-6-14-31;1-3-12-29(13-4-1)31-16-11-17-33(26-31)47(34-23-24-37-36-19-9-10-21-41(36)49-42(37)28-34)40-27-32-22-25-39-44(43(32)38-20-8-7-18-35(38)40)48-45(46-39)30-14-5-2-6-15-30/h1-26H;2*1-28H. The van der Waals surface area contributed by atoms with Gasteiger partial charge in [0.1, 0.15) is 38.9 Å². The van der Waals surface area contributed by atoms with Crippen molar-refractivity contribution in [2.45, 2.75) is 0 Å². The van der Waals surface area contributed by atoms with Crippen molar-refractivity contribution in [3.05, 3.63) is 497 Å². The van der Waals surface area contributed by atoms with Crippen molar-refractivity contribution in [1.82, 2.24) is 15.0 Å². The molecule has 31 aromatic rings. The van der Waals surface area contributed by atoms with Crippen LogP contribution in [0.25, 0.3) is 239 Å². The number of thiophene rings is 2. The minimum atomic E-state index is 0.622. The van der Waals surface area contributed by atoms with Gasteiger partial charge >= 0.3 is 0 Å². The number of furan rings is 2. The zero-order valence-corrected chi connectivity index (χ0v) is 81.0. The van der Waals surface area contributed by atoms with Gasteiger partial charge in [0.2, 0.25) is 17.7 Å². The van der Waals surface area contributed by atoms with Crippen molar-refractivity contribution in [1.29, 1.82) is 0 Å². The minimum Gasteiger partial charge on any atom is -0.456 e. The molecule has 0 N–H and O–H groups in total. The van der Waals surface area contributed by atoms with Crippen LogP contribution in [0.15, 0.2) is 520 Å². The predicted octanol–water partition coefficient (Wildman–Crippen LogP) is 39.7. The van der Waals surface area contributed by atoms with E-state index in [0.29, 0.717) is 17.7 Å². The highest BCUT2D eigenvalue weighted by Crippen LogP contribution is 2.53. The average Bonchev–Trinajstić information content (AvgIpc) is 1.39. The first-order chi connectivity index (χ1) is 73.3. The number of aromatic nitrogens is 3. The summed E-state index contributed by atoms with van der Waals surface area (Å²) < 4.78 is 37.3. The molecule has 694 valence electrons. The van der Waals surface area contributed by atoms with Crippen molar-refractivity contribution < 1.29 is 22.1 Å². The average molecular weight is 1930 g/mol. The van der Waals surface area contributed by atoms with Crippen LogP contribution in [0.3, 0.4) is 0 Å². The Kier molecular flexibility index (Phi) is 20.4. The summed E-state index contributed by atoms with van der Waals surface area (Å²) in [6.07, 6.45) is 0. The van der Waals surface area contributed by atoms with E-state index in [0.717, 1.165) is 210 Å². The number of fused-ring (bicyclic) bond motifs is 27. The molecule has 0 unspecified atom stereocenters. The first-order valence-corrected chi connectivity index (χ1v) is 51.2. The van der Waals surface area contributed by atoms with Crippen LogP contribution in [0.4, 0.5) is 51.2 Å². The molecule has 0 bridgehead atoms. The van der Waals surface area contributed by atoms with Gasteiger partial charge in [-0.05, 0) is 243 Å². The molecule has 0 aliphatic rings. The van der Waals surface area contributed by atoms with Crippen molar-refractivity contribution in [2.75, 3.05) is 14.7 Å². The highest BCUT2D eigenvalue weighted by Gasteiger charge is 2.29. The van der Waals surface area contributed by atoms with E-state index in [4.69, 9.17) is 37.0 Å². The topological polar surface area (TPSA) is 114 Å². The van der Waals surface area contributed by atoms with Crippen molar-refractivity contribution >= 4 is 256 Å². The molecule has 0 fully saturated rings. The quantitative estimate of drug-likeness (QED) is 0.0970. The van der Waals surface area contributed by atoms with Crippen molar-refractivity contribution in [3.63, 3.8) is 0 Å². The molecule has 0 radical (unpaired) electrons. The second-order valence-electron chi connectivity index (χ2n) is 37.5. The first-order valence-electron chi connectivity index (χ1n) is 49.6. The smallest absolute Gasteiger partial charge is 0.227 e. The van der Waals surface area contributed by atoms with E-state index in [9.17, 15) is 0 Å². The Labute approximate surface area is 855 Å². The molecule has 13 heteroatoms. The van der Waals surface area contributed by atoms with Gasteiger partial charge in [-0.25, -0.2) is 15.0 Å². The van der Waals surface area contributed by atoms with E-state index in [1.807, 2.05) is 138 Å². The molecule has 24 aromatic carbocycles. The van der Waals surface area contributed by atoms with E-state index in [-0.39, 0.29) is 0 Å². The maximum Gasteiger partial charge on any atom is 0.227 e. The lowest BCUT2D eigenvalue weighted by Gasteiger charge is -2.28. The van der Waals surface area contributed by atoms with Gasteiger partial charge in [0.25, 0.3) is 0 Å². The second kappa shape index (κ2) is 35.4. The van der Waals surface area contributed by atoms with Crippen LogP contribution in [0.1, 0.15) is 0 Å². The zero-order valence-electron chi connectivity index (χ0n) is 79.4. The molecule has 0 aliphatic carbocycles. The van der Waals surface area contributed by atoms with Gasteiger partial charge in [-0.1, -0.05) is 309 Å². The van der Waals surface area contributed by atoms with Crippen LogP contribution >= 0.6 is 22.7 Å². The van der Waals surface area contributed by atoms with E-state index < -0.39 is 0 Å². The Balaban J connectivity index is 0.000000105. The fraction of sp³-hybridized carbons (Fsp3) is 0. The summed E-state index contributed by atoms with van der Waals surface area (Å²) in [7, 11) is 0. The summed E-state index contributed by atoms with van der Waals surface area (Å²) in [5.41, 5.74) is 25.8. The molecule has 11 nitrogen and oxygen atoms in total. The fourth-order valence-electron chi connectivity index (χ4n) is 21.9. The first kappa shape index (κ1) is 85.5. The van der Waals surface area contributed by atoms with E-state index in [1.54, 1.807) is 0 Å². The Bertz CT molecular complexity index is 10600. The molecule has 0 spiro atoms. The highest BCUT2D eigenvalue weighted by molar-refractivity contribution is 7.26. The number of rotatable bonds is 14. The third kappa shape index (κ3) is 14.7. The SMILES string of the molecule is c1ccc(-c2ccc(N(c3ccc4oc5ccccc5c4c3)c3cc4ccc5nc(-c6ccccc6)oc5c4c4ccccc34)cc2)cc1.c1ccc(-c2cccc(N(c3ccc4c(c3)sc3ccccc34)c3cc4ccc5nc(-c6ccccc6)oc5c4c4ccccc34)c2)cc1.c1ccc(-c2nc3ccc4cc(N(c5ccc6oc7ccccc7c6c5)c5ccc6sc7ccccc7c6c5)c5ccccc5c4c3o2)cc1. The molecule has 148 heavy (non-hydrogen) atoms. The molecule has 0 saturated carbocycles. The highest BCUT2D eigenvalue weighted by atomic mass is 32.1. The summed E-state index contributed by atoms with van der Waals surface area (Å²) in [5.74, 6) is 1.88. The Hall–Kier alpha value is -19.3. The molecule has 0 saturated heterocycles. The maximum atomic E-state index is 6.57. The Morgan fingerprint density at radius 2 is 0.459 bits per heavy atom. The predicted molar refractivity (Wildman–Crippen MR) is 619 cm³/mol. The van der Waals surface area contributed by atoms with Crippen LogP contribution in [-0.4, -0.2) is 15.0 Å². The van der Waals surface area contributed by atoms with Gasteiger partial charge in [-0.2, -0.15) is 0 Å². The van der Waals surface area contributed by atoms with Crippen LogP contribution in [0.5, 0.6) is 0 Å². The minimum absolute atomic E-state index is 0.622. The number of benzene rings is 24. The molecule has 0 aliphatic heterocycles.